The molecular formula is C22H21NO5S. The molecule has 2 N–H and O–H groups in total. The van der Waals surface area contributed by atoms with Gasteiger partial charge >= 0.3 is 11.9 Å². The highest BCUT2D eigenvalue weighted by atomic mass is 32.1. The number of nitrogens with zero attached hydrogens (tertiary/aromatic N) is 1. The van der Waals surface area contributed by atoms with Gasteiger partial charge in [0.2, 0.25) is 0 Å². The molecule has 0 aliphatic heterocycles. The summed E-state index contributed by atoms with van der Waals surface area (Å²) in [6.45, 7) is 0.103. The first-order chi connectivity index (χ1) is 14.0. The third-order valence-corrected chi connectivity index (χ3v) is 5.30. The minimum absolute atomic E-state index is 0.0633. The summed E-state index contributed by atoms with van der Waals surface area (Å²) in [6.07, 6.45) is 3.14. The maximum Gasteiger partial charge on any atom is 0.306 e. The highest BCUT2D eigenvalue weighted by molar-refractivity contribution is 7.19. The number of allylic oxidation sites excluding steroid dienone is 1. The first-order valence-electron chi connectivity index (χ1n) is 9.24. The maximum absolute atomic E-state index is 10.9. The molecule has 1 aromatic heterocycles. The van der Waals surface area contributed by atoms with Crippen molar-refractivity contribution in [3.8, 4) is 5.75 Å². The van der Waals surface area contributed by atoms with Gasteiger partial charge in [0.05, 0.1) is 23.2 Å². The van der Waals surface area contributed by atoms with Crippen molar-refractivity contribution in [2.24, 2.45) is 0 Å². The number of aliphatic carboxylic acids is 2. The summed E-state index contributed by atoms with van der Waals surface area (Å²) in [5.74, 6) is -1.13. The molecule has 7 heteroatoms. The molecule has 0 bridgehead atoms. The van der Waals surface area contributed by atoms with Crippen molar-refractivity contribution in [1.29, 1.82) is 0 Å². The van der Waals surface area contributed by atoms with Crippen molar-refractivity contribution in [2.75, 3.05) is 6.61 Å². The Labute approximate surface area is 172 Å². The van der Waals surface area contributed by atoms with Gasteiger partial charge in [0.15, 0.2) is 0 Å². The van der Waals surface area contributed by atoms with E-state index in [0.717, 1.165) is 26.4 Å². The van der Waals surface area contributed by atoms with Crippen molar-refractivity contribution < 1.29 is 24.5 Å². The summed E-state index contributed by atoms with van der Waals surface area (Å²) in [6, 6.07) is 15.3. The number of carboxylic acid groups (broad SMARTS) is 2. The van der Waals surface area contributed by atoms with Gasteiger partial charge in [-0.15, -0.1) is 11.3 Å². The van der Waals surface area contributed by atoms with Crippen LogP contribution in [0.5, 0.6) is 5.75 Å². The predicted octanol–water partition coefficient (Wildman–Crippen LogP) is 4.95. The minimum Gasteiger partial charge on any atom is -0.493 e. The third kappa shape index (κ3) is 6.15. The van der Waals surface area contributed by atoms with Crippen LogP contribution < -0.4 is 4.74 Å². The highest BCUT2D eigenvalue weighted by Crippen LogP contribution is 2.31. The van der Waals surface area contributed by atoms with Crippen LogP contribution in [0.1, 0.15) is 36.3 Å². The van der Waals surface area contributed by atoms with Crippen molar-refractivity contribution >= 4 is 45.1 Å². The molecule has 0 unspecified atom stereocenters. The van der Waals surface area contributed by atoms with E-state index in [9.17, 15) is 9.59 Å². The van der Waals surface area contributed by atoms with Crippen LogP contribution in [0.3, 0.4) is 0 Å². The second-order valence-corrected chi connectivity index (χ2v) is 7.50. The number of carboxylic acids is 2. The summed E-state index contributed by atoms with van der Waals surface area (Å²) in [5, 5.41) is 18.6. The van der Waals surface area contributed by atoms with Crippen LogP contribution in [0, 0.1) is 0 Å². The molecule has 0 spiro atoms. The monoisotopic (exact) mass is 411 g/mol. The van der Waals surface area contributed by atoms with Crippen molar-refractivity contribution in [1.82, 2.24) is 4.98 Å². The van der Waals surface area contributed by atoms with Crippen LogP contribution >= 0.6 is 11.3 Å². The van der Waals surface area contributed by atoms with Crippen LogP contribution in [0.15, 0.2) is 48.5 Å². The predicted molar refractivity (Wildman–Crippen MR) is 113 cm³/mol. The zero-order valence-corrected chi connectivity index (χ0v) is 16.5. The summed E-state index contributed by atoms with van der Waals surface area (Å²) in [4.78, 5) is 26.3. The number of hydrogen-bond donors (Lipinski definition) is 2. The molecule has 0 saturated carbocycles. The molecular weight excluding hydrogens is 390 g/mol. The Kier molecular flexibility index (Phi) is 6.97. The second-order valence-electron chi connectivity index (χ2n) is 6.47. The zero-order valence-electron chi connectivity index (χ0n) is 15.7. The zero-order chi connectivity index (χ0) is 20.6. The molecule has 0 atom stereocenters. The van der Waals surface area contributed by atoms with E-state index in [4.69, 9.17) is 19.9 Å². The molecule has 0 aliphatic rings. The fourth-order valence-corrected chi connectivity index (χ4v) is 3.84. The molecule has 0 amide bonds. The summed E-state index contributed by atoms with van der Waals surface area (Å²) in [5.41, 5.74) is 2.78. The molecule has 0 aliphatic carbocycles. The fraction of sp³-hybridized carbons (Fsp3) is 0.227. The van der Waals surface area contributed by atoms with Crippen LogP contribution in [0.2, 0.25) is 0 Å². The van der Waals surface area contributed by atoms with Gasteiger partial charge < -0.3 is 14.9 Å². The Morgan fingerprint density at radius 1 is 1.00 bits per heavy atom. The van der Waals surface area contributed by atoms with Gasteiger partial charge in [-0.2, -0.15) is 0 Å². The molecule has 3 rings (SSSR count). The number of hydrogen-bond acceptors (Lipinski definition) is 5. The molecule has 150 valence electrons. The fourth-order valence-electron chi connectivity index (χ4n) is 2.83. The van der Waals surface area contributed by atoms with Gasteiger partial charge in [0.25, 0.3) is 0 Å². The minimum atomic E-state index is -0.905. The average Bonchev–Trinajstić information content (AvgIpc) is 3.11. The van der Waals surface area contributed by atoms with E-state index in [-0.39, 0.29) is 19.4 Å². The molecule has 0 radical (unpaired) electrons. The number of rotatable bonds is 10. The SMILES string of the molecule is O=C(O)CCC/C(=C/c1cccc(OCCC(=O)O)c1)c1nc2ccccc2s1. The van der Waals surface area contributed by atoms with E-state index in [1.54, 1.807) is 17.4 Å². The number of para-hydroxylation sites is 1. The Morgan fingerprint density at radius 2 is 1.79 bits per heavy atom. The topological polar surface area (TPSA) is 96.7 Å². The van der Waals surface area contributed by atoms with Gasteiger partial charge in [-0.05, 0) is 54.3 Å². The second kappa shape index (κ2) is 9.84. The molecule has 6 nitrogen and oxygen atoms in total. The number of carbonyl (C=O) groups is 2. The van der Waals surface area contributed by atoms with Crippen LogP contribution in [0.25, 0.3) is 21.9 Å². The first kappa shape index (κ1) is 20.5. The lowest BCUT2D eigenvalue weighted by Gasteiger charge is -2.07. The third-order valence-electron chi connectivity index (χ3n) is 4.19. The smallest absolute Gasteiger partial charge is 0.306 e. The largest absolute Gasteiger partial charge is 0.493 e. The summed E-state index contributed by atoms with van der Waals surface area (Å²) in [7, 11) is 0. The number of aromatic nitrogens is 1. The molecule has 2 aromatic carbocycles. The summed E-state index contributed by atoms with van der Waals surface area (Å²) >= 11 is 1.58. The Morgan fingerprint density at radius 3 is 2.55 bits per heavy atom. The van der Waals surface area contributed by atoms with E-state index < -0.39 is 11.9 Å². The van der Waals surface area contributed by atoms with Crippen molar-refractivity contribution in [2.45, 2.75) is 25.7 Å². The van der Waals surface area contributed by atoms with E-state index in [0.29, 0.717) is 18.6 Å². The number of ether oxygens (including phenoxy) is 1. The standard InChI is InChI=1S/C22H21NO5S/c24-20(25)10-4-6-16(22-23-18-8-1-2-9-19(18)29-22)13-15-5-3-7-17(14-15)28-12-11-21(26)27/h1-3,5,7-9,13-14H,4,6,10-12H2,(H,24,25)(H,26,27)/b16-13-. The lowest BCUT2D eigenvalue weighted by Crippen LogP contribution is -2.04. The Hall–Kier alpha value is -3.19. The molecule has 1 heterocycles. The Bertz CT molecular complexity index is 1010. The van der Waals surface area contributed by atoms with Crippen LogP contribution in [0.4, 0.5) is 0 Å². The van der Waals surface area contributed by atoms with Gasteiger partial charge in [0, 0.05) is 6.42 Å². The van der Waals surface area contributed by atoms with E-state index in [1.165, 1.54) is 0 Å². The van der Waals surface area contributed by atoms with Crippen LogP contribution in [-0.2, 0) is 9.59 Å². The van der Waals surface area contributed by atoms with E-state index in [1.807, 2.05) is 48.5 Å². The number of fused-ring (bicyclic) bond motifs is 1. The highest BCUT2D eigenvalue weighted by Gasteiger charge is 2.10. The number of thiazole rings is 1. The maximum atomic E-state index is 10.9. The molecule has 3 aromatic rings. The quantitative estimate of drug-likeness (QED) is 0.490. The summed E-state index contributed by atoms with van der Waals surface area (Å²) < 4.78 is 6.59. The van der Waals surface area contributed by atoms with Crippen LogP contribution in [-0.4, -0.2) is 33.7 Å². The van der Waals surface area contributed by atoms with E-state index >= 15 is 0 Å². The van der Waals surface area contributed by atoms with Gasteiger partial charge in [-0.3, -0.25) is 9.59 Å². The van der Waals surface area contributed by atoms with Gasteiger partial charge in [0.1, 0.15) is 10.8 Å². The van der Waals surface area contributed by atoms with Gasteiger partial charge in [-0.25, -0.2) is 4.98 Å². The molecule has 0 fully saturated rings. The number of benzene rings is 2. The van der Waals surface area contributed by atoms with Crippen molar-refractivity contribution in [3.63, 3.8) is 0 Å². The average molecular weight is 411 g/mol. The molecule has 0 saturated heterocycles. The van der Waals surface area contributed by atoms with Gasteiger partial charge in [-0.1, -0.05) is 24.3 Å². The van der Waals surface area contributed by atoms with E-state index in [2.05, 4.69) is 0 Å². The molecule has 29 heavy (non-hydrogen) atoms. The normalized spacial score (nSPS) is 11.5. The van der Waals surface area contributed by atoms with Crippen molar-refractivity contribution in [3.05, 3.63) is 59.1 Å². The first-order valence-corrected chi connectivity index (χ1v) is 10.1. The Balaban J connectivity index is 1.85. The lowest BCUT2D eigenvalue weighted by molar-refractivity contribution is -0.138. The lowest BCUT2D eigenvalue weighted by atomic mass is 10.1.